The summed E-state index contributed by atoms with van der Waals surface area (Å²) in [7, 11) is 3.30. The number of nitrogens with zero attached hydrogens (tertiary/aromatic N) is 1. The summed E-state index contributed by atoms with van der Waals surface area (Å²) < 4.78 is 0. The van der Waals surface area contributed by atoms with Gasteiger partial charge in [0.1, 0.15) is 0 Å². The fourth-order valence-corrected chi connectivity index (χ4v) is 1.79. The number of carbonyl (C=O) groups excluding carboxylic acids is 2. The fourth-order valence-electron chi connectivity index (χ4n) is 1.59. The van der Waals surface area contributed by atoms with E-state index in [2.05, 4.69) is 10.6 Å². The molecule has 0 aliphatic rings. The Morgan fingerprint density at radius 2 is 2.00 bits per heavy atom. The number of rotatable bonds is 6. The number of halogens is 1. The number of carbonyl (C=O) groups is 2. The van der Waals surface area contributed by atoms with E-state index in [1.807, 2.05) is 6.92 Å². The fraction of sp³-hybridized carbons (Fsp3) is 0.429. The van der Waals surface area contributed by atoms with Crippen molar-refractivity contribution in [3.05, 3.63) is 28.8 Å². The summed E-state index contributed by atoms with van der Waals surface area (Å²) in [6.07, 6.45) is 0.968. The minimum atomic E-state index is -0.199. The highest BCUT2D eigenvalue weighted by molar-refractivity contribution is 6.34. The van der Waals surface area contributed by atoms with Gasteiger partial charge in [0, 0.05) is 19.8 Å². The Kier molecular flexibility index (Phi) is 6.48. The lowest BCUT2D eigenvalue weighted by molar-refractivity contribution is -0.115. The number of nitrogens with one attached hydrogen (secondary N) is 2. The van der Waals surface area contributed by atoms with Gasteiger partial charge in [0.25, 0.3) is 5.91 Å². The van der Waals surface area contributed by atoms with E-state index < -0.39 is 0 Å². The summed E-state index contributed by atoms with van der Waals surface area (Å²) in [5.74, 6) is -0.348. The van der Waals surface area contributed by atoms with Crippen LogP contribution in [0.5, 0.6) is 0 Å². The summed E-state index contributed by atoms with van der Waals surface area (Å²) in [6.45, 7) is 3.06. The second-order valence-corrected chi connectivity index (χ2v) is 5.03. The van der Waals surface area contributed by atoms with E-state index >= 15 is 0 Å². The molecule has 0 aliphatic carbocycles. The first-order valence-electron chi connectivity index (χ1n) is 6.47. The second-order valence-electron chi connectivity index (χ2n) is 4.62. The number of hydrogen-bond donors (Lipinski definition) is 2. The molecule has 6 heteroatoms. The second kappa shape index (κ2) is 7.87. The lowest BCUT2D eigenvalue weighted by Gasteiger charge is -2.13. The Balaban J connectivity index is 2.75. The molecule has 0 saturated heterocycles. The van der Waals surface area contributed by atoms with Crippen LogP contribution in [0, 0.1) is 0 Å². The van der Waals surface area contributed by atoms with E-state index in [0.717, 1.165) is 13.0 Å². The third kappa shape index (κ3) is 4.83. The van der Waals surface area contributed by atoms with Crippen LogP contribution < -0.4 is 10.6 Å². The zero-order valence-electron chi connectivity index (χ0n) is 12.0. The SMILES string of the molecule is CCCNCC(=O)Nc1ccc(Cl)c(C(=O)N(C)C)c1. The van der Waals surface area contributed by atoms with E-state index in [0.29, 0.717) is 16.3 Å². The number of benzene rings is 1. The molecule has 0 saturated carbocycles. The van der Waals surface area contributed by atoms with E-state index in [-0.39, 0.29) is 18.4 Å². The highest BCUT2D eigenvalue weighted by Crippen LogP contribution is 2.21. The maximum Gasteiger partial charge on any atom is 0.254 e. The van der Waals surface area contributed by atoms with Gasteiger partial charge in [-0.1, -0.05) is 18.5 Å². The van der Waals surface area contributed by atoms with Crippen molar-refractivity contribution in [1.82, 2.24) is 10.2 Å². The topological polar surface area (TPSA) is 61.4 Å². The summed E-state index contributed by atoms with van der Waals surface area (Å²) in [5, 5.41) is 6.11. The first kappa shape index (κ1) is 16.5. The molecular weight excluding hydrogens is 278 g/mol. The lowest BCUT2D eigenvalue weighted by atomic mass is 10.1. The van der Waals surface area contributed by atoms with E-state index in [9.17, 15) is 9.59 Å². The van der Waals surface area contributed by atoms with E-state index in [1.54, 1.807) is 32.3 Å². The van der Waals surface area contributed by atoms with E-state index in [4.69, 9.17) is 11.6 Å². The van der Waals surface area contributed by atoms with Crippen molar-refractivity contribution in [1.29, 1.82) is 0 Å². The molecule has 1 aromatic carbocycles. The maximum atomic E-state index is 11.9. The van der Waals surface area contributed by atoms with Crippen molar-refractivity contribution in [2.45, 2.75) is 13.3 Å². The van der Waals surface area contributed by atoms with Crippen molar-refractivity contribution >= 4 is 29.1 Å². The Labute approximate surface area is 124 Å². The van der Waals surface area contributed by atoms with Crippen LogP contribution in [-0.2, 0) is 4.79 Å². The number of anilines is 1. The molecule has 0 spiro atoms. The number of hydrogen-bond acceptors (Lipinski definition) is 3. The van der Waals surface area contributed by atoms with Gasteiger partial charge in [0.15, 0.2) is 0 Å². The van der Waals surface area contributed by atoms with Gasteiger partial charge in [0.05, 0.1) is 17.1 Å². The molecule has 0 fully saturated rings. The minimum Gasteiger partial charge on any atom is -0.345 e. The molecule has 0 heterocycles. The average molecular weight is 298 g/mol. The Hall–Kier alpha value is -1.59. The first-order chi connectivity index (χ1) is 9.45. The standard InChI is InChI=1S/C14H20ClN3O2/c1-4-7-16-9-13(19)17-10-5-6-12(15)11(8-10)14(20)18(2)3/h5-6,8,16H,4,7,9H2,1-3H3,(H,17,19). The van der Waals surface area contributed by atoms with Gasteiger partial charge in [-0.05, 0) is 31.2 Å². The Bertz CT molecular complexity index is 489. The molecule has 5 nitrogen and oxygen atoms in total. The lowest BCUT2D eigenvalue weighted by Crippen LogP contribution is -2.28. The molecule has 0 aromatic heterocycles. The molecule has 0 bridgehead atoms. The molecule has 0 aliphatic heterocycles. The van der Waals surface area contributed by atoms with Crippen LogP contribution in [0.25, 0.3) is 0 Å². The van der Waals surface area contributed by atoms with Crippen LogP contribution in [0.1, 0.15) is 23.7 Å². The van der Waals surface area contributed by atoms with Crippen molar-refractivity contribution in [3.63, 3.8) is 0 Å². The van der Waals surface area contributed by atoms with Gasteiger partial charge >= 0.3 is 0 Å². The minimum absolute atomic E-state index is 0.149. The third-order valence-electron chi connectivity index (χ3n) is 2.60. The Morgan fingerprint density at radius 1 is 1.30 bits per heavy atom. The summed E-state index contributed by atoms with van der Waals surface area (Å²) in [4.78, 5) is 25.1. The highest BCUT2D eigenvalue weighted by atomic mass is 35.5. The Morgan fingerprint density at radius 3 is 2.60 bits per heavy atom. The van der Waals surface area contributed by atoms with Crippen LogP contribution >= 0.6 is 11.6 Å². The van der Waals surface area contributed by atoms with Crippen LogP contribution in [0.15, 0.2) is 18.2 Å². The van der Waals surface area contributed by atoms with Gasteiger partial charge < -0.3 is 15.5 Å². The molecule has 2 amide bonds. The number of amides is 2. The average Bonchev–Trinajstić information content (AvgIpc) is 2.40. The summed E-state index contributed by atoms with van der Waals surface area (Å²) in [6, 6.07) is 4.86. The van der Waals surface area contributed by atoms with Crippen LogP contribution in [0.3, 0.4) is 0 Å². The van der Waals surface area contributed by atoms with Crippen molar-refractivity contribution < 1.29 is 9.59 Å². The smallest absolute Gasteiger partial charge is 0.254 e. The largest absolute Gasteiger partial charge is 0.345 e. The van der Waals surface area contributed by atoms with Crippen molar-refractivity contribution in [2.75, 3.05) is 32.5 Å². The zero-order valence-corrected chi connectivity index (χ0v) is 12.8. The molecule has 0 atom stereocenters. The molecule has 2 N–H and O–H groups in total. The first-order valence-corrected chi connectivity index (χ1v) is 6.85. The molecule has 0 radical (unpaired) electrons. The predicted molar refractivity (Wildman–Crippen MR) is 81.3 cm³/mol. The molecule has 110 valence electrons. The maximum absolute atomic E-state index is 11.9. The summed E-state index contributed by atoms with van der Waals surface area (Å²) in [5.41, 5.74) is 0.930. The van der Waals surface area contributed by atoms with Crippen LogP contribution in [0.4, 0.5) is 5.69 Å². The molecule has 1 aromatic rings. The van der Waals surface area contributed by atoms with E-state index in [1.165, 1.54) is 4.90 Å². The normalized spacial score (nSPS) is 10.2. The van der Waals surface area contributed by atoms with Crippen LogP contribution in [0.2, 0.25) is 5.02 Å². The molecular formula is C14H20ClN3O2. The summed E-state index contributed by atoms with van der Waals surface area (Å²) >= 11 is 6.00. The molecule has 20 heavy (non-hydrogen) atoms. The van der Waals surface area contributed by atoms with Crippen molar-refractivity contribution in [3.8, 4) is 0 Å². The van der Waals surface area contributed by atoms with Gasteiger partial charge in [-0.3, -0.25) is 9.59 Å². The molecule has 1 rings (SSSR count). The van der Waals surface area contributed by atoms with Gasteiger partial charge in [0.2, 0.25) is 5.91 Å². The van der Waals surface area contributed by atoms with Gasteiger partial charge in [-0.2, -0.15) is 0 Å². The van der Waals surface area contributed by atoms with Crippen LogP contribution in [-0.4, -0.2) is 43.9 Å². The quantitative estimate of drug-likeness (QED) is 0.789. The van der Waals surface area contributed by atoms with Gasteiger partial charge in [-0.25, -0.2) is 0 Å². The third-order valence-corrected chi connectivity index (χ3v) is 2.93. The highest BCUT2D eigenvalue weighted by Gasteiger charge is 2.13. The van der Waals surface area contributed by atoms with Crippen molar-refractivity contribution in [2.24, 2.45) is 0 Å². The monoisotopic (exact) mass is 297 g/mol. The van der Waals surface area contributed by atoms with Gasteiger partial charge in [-0.15, -0.1) is 0 Å². The molecule has 0 unspecified atom stereocenters. The predicted octanol–water partition coefficient (Wildman–Crippen LogP) is 1.98. The zero-order chi connectivity index (χ0) is 15.1.